The molecule has 3 fully saturated rings. The Balaban J connectivity index is 1.60. The van der Waals surface area contributed by atoms with Gasteiger partial charge >= 0.3 is 0 Å². The van der Waals surface area contributed by atoms with E-state index in [1.807, 2.05) is 11.8 Å². The van der Waals surface area contributed by atoms with Crippen molar-refractivity contribution in [1.82, 2.24) is 15.1 Å². The predicted octanol–water partition coefficient (Wildman–Crippen LogP) is -0.201. The number of piperazine rings is 1. The predicted molar refractivity (Wildman–Crippen MR) is 94.9 cm³/mol. The maximum atomic E-state index is 13.3. The second-order valence-electron chi connectivity index (χ2n) is 8.15. The minimum absolute atomic E-state index is 0.0416. The van der Waals surface area contributed by atoms with Crippen molar-refractivity contribution in [3.8, 4) is 0 Å². The molecule has 1 aliphatic carbocycles. The number of carbonyl (C=O) groups is 2. The normalized spacial score (nSPS) is 34.8. The molecular weight excluding hydrogens is 320 g/mol. The van der Waals surface area contributed by atoms with Crippen LogP contribution in [0.5, 0.6) is 0 Å². The molecule has 1 saturated carbocycles. The number of nitrogens with one attached hydrogen (secondary N) is 1. The van der Waals surface area contributed by atoms with Gasteiger partial charge < -0.3 is 20.7 Å². The Morgan fingerprint density at radius 3 is 2.56 bits per heavy atom. The van der Waals surface area contributed by atoms with Gasteiger partial charge in [-0.25, -0.2) is 0 Å². The number of hydrogen-bond donors (Lipinski definition) is 2. The molecule has 3 unspecified atom stereocenters. The van der Waals surface area contributed by atoms with Gasteiger partial charge in [-0.05, 0) is 19.8 Å². The molecule has 2 saturated heterocycles. The lowest BCUT2D eigenvalue weighted by Crippen LogP contribution is -2.82. The van der Waals surface area contributed by atoms with Crippen LogP contribution in [0.15, 0.2) is 0 Å². The number of carbonyl (C=O) groups excluding carboxylic acids is 2. The molecule has 7 heteroatoms. The van der Waals surface area contributed by atoms with Crippen molar-refractivity contribution in [2.75, 3.05) is 45.9 Å². The lowest BCUT2D eigenvalue weighted by atomic mass is 9.46. The van der Waals surface area contributed by atoms with Crippen LogP contribution in [0.4, 0.5) is 0 Å². The molecule has 7 nitrogen and oxygen atoms in total. The fourth-order valence-electron chi connectivity index (χ4n) is 4.84. The summed E-state index contributed by atoms with van der Waals surface area (Å²) in [5, 5.41) is 2.82. The molecule has 0 bridgehead atoms. The summed E-state index contributed by atoms with van der Waals surface area (Å²) in [5.74, 6) is 0.221. The number of nitrogens with zero attached hydrogens (tertiary/aromatic N) is 2. The zero-order chi connectivity index (χ0) is 18.2. The van der Waals surface area contributed by atoms with Crippen molar-refractivity contribution in [2.24, 2.45) is 17.1 Å². The van der Waals surface area contributed by atoms with Crippen LogP contribution in [0.2, 0.25) is 0 Å². The van der Waals surface area contributed by atoms with E-state index in [4.69, 9.17) is 10.5 Å². The Bertz CT molecular complexity index is 530. The largest absolute Gasteiger partial charge is 0.377 e. The molecule has 2 amide bonds. The van der Waals surface area contributed by atoms with Crippen molar-refractivity contribution < 1.29 is 14.3 Å². The van der Waals surface area contributed by atoms with Crippen LogP contribution in [0.25, 0.3) is 0 Å². The van der Waals surface area contributed by atoms with E-state index in [1.165, 1.54) is 0 Å². The maximum absolute atomic E-state index is 13.3. The van der Waals surface area contributed by atoms with Crippen LogP contribution in [0.3, 0.4) is 0 Å². The van der Waals surface area contributed by atoms with Gasteiger partial charge in [-0.2, -0.15) is 0 Å². The Hall–Kier alpha value is -1.18. The molecular formula is C18H32N4O3. The second-order valence-corrected chi connectivity index (χ2v) is 8.15. The van der Waals surface area contributed by atoms with Gasteiger partial charge in [-0.1, -0.05) is 13.8 Å². The molecule has 3 atom stereocenters. The zero-order valence-corrected chi connectivity index (χ0v) is 15.7. The number of rotatable bonds is 4. The van der Waals surface area contributed by atoms with Crippen LogP contribution >= 0.6 is 0 Å². The van der Waals surface area contributed by atoms with Gasteiger partial charge in [-0.15, -0.1) is 0 Å². The highest BCUT2D eigenvalue weighted by Gasteiger charge is 2.70. The number of amides is 2. The van der Waals surface area contributed by atoms with E-state index >= 15 is 0 Å². The third-order valence-electron chi connectivity index (χ3n) is 6.44. The van der Waals surface area contributed by atoms with E-state index < -0.39 is 5.54 Å². The van der Waals surface area contributed by atoms with Gasteiger partial charge in [0.2, 0.25) is 11.8 Å². The lowest BCUT2D eigenvalue weighted by Gasteiger charge is -2.66. The van der Waals surface area contributed by atoms with E-state index in [2.05, 4.69) is 24.1 Å². The van der Waals surface area contributed by atoms with E-state index in [0.29, 0.717) is 39.3 Å². The fraction of sp³-hybridized carbons (Fsp3) is 0.889. The number of ether oxygens (including phenoxy) is 1. The minimum Gasteiger partial charge on any atom is -0.377 e. The number of hydrogen-bond acceptors (Lipinski definition) is 5. The first kappa shape index (κ1) is 18.6. The van der Waals surface area contributed by atoms with E-state index in [1.54, 1.807) is 0 Å². The Labute approximate surface area is 150 Å². The second kappa shape index (κ2) is 6.85. The van der Waals surface area contributed by atoms with Crippen LogP contribution in [-0.4, -0.2) is 79.1 Å². The smallest absolute Gasteiger partial charge is 0.243 e. The Morgan fingerprint density at radius 1 is 1.24 bits per heavy atom. The molecule has 0 aromatic rings. The maximum Gasteiger partial charge on any atom is 0.243 e. The first-order valence-corrected chi connectivity index (χ1v) is 9.51. The van der Waals surface area contributed by atoms with Gasteiger partial charge in [0.1, 0.15) is 5.54 Å². The third kappa shape index (κ3) is 2.96. The molecule has 142 valence electrons. The molecule has 25 heavy (non-hydrogen) atoms. The van der Waals surface area contributed by atoms with Gasteiger partial charge in [0.25, 0.3) is 0 Å². The highest BCUT2D eigenvalue weighted by atomic mass is 16.5. The topological polar surface area (TPSA) is 87.9 Å². The SMILES string of the molecule is CCNC(=O)CN1CCN(C(=O)C2(N)C3CCCOC3C2(C)C)CC1. The van der Waals surface area contributed by atoms with Gasteiger partial charge in [0.15, 0.2) is 0 Å². The monoisotopic (exact) mass is 352 g/mol. The lowest BCUT2D eigenvalue weighted by molar-refractivity contribution is -0.230. The molecule has 2 aliphatic heterocycles. The molecule has 2 heterocycles. The summed E-state index contributed by atoms with van der Waals surface area (Å²) in [7, 11) is 0. The first-order valence-electron chi connectivity index (χ1n) is 9.51. The number of fused-ring (bicyclic) bond motifs is 1. The molecule has 0 aromatic carbocycles. The van der Waals surface area contributed by atoms with Crippen LogP contribution in [0, 0.1) is 11.3 Å². The summed E-state index contributed by atoms with van der Waals surface area (Å²) < 4.78 is 5.91. The third-order valence-corrected chi connectivity index (χ3v) is 6.44. The summed E-state index contributed by atoms with van der Waals surface area (Å²) in [6.07, 6.45) is 2.03. The van der Waals surface area contributed by atoms with Crippen molar-refractivity contribution in [2.45, 2.75) is 45.3 Å². The number of likely N-dealkylation sites (N-methyl/N-ethyl adjacent to an activating group) is 1. The highest BCUT2D eigenvalue weighted by molar-refractivity contribution is 5.89. The molecule has 3 aliphatic rings. The highest BCUT2D eigenvalue weighted by Crippen LogP contribution is 2.57. The van der Waals surface area contributed by atoms with E-state index in [-0.39, 0.29) is 29.3 Å². The Kier molecular flexibility index (Phi) is 5.10. The van der Waals surface area contributed by atoms with Crippen LogP contribution < -0.4 is 11.1 Å². The number of nitrogens with two attached hydrogens (primary N) is 1. The zero-order valence-electron chi connectivity index (χ0n) is 15.7. The molecule has 0 radical (unpaired) electrons. The van der Waals surface area contributed by atoms with E-state index in [9.17, 15) is 9.59 Å². The van der Waals surface area contributed by atoms with Gasteiger partial charge in [-0.3, -0.25) is 14.5 Å². The first-order chi connectivity index (χ1) is 11.8. The summed E-state index contributed by atoms with van der Waals surface area (Å²) >= 11 is 0. The van der Waals surface area contributed by atoms with Crippen LogP contribution in [0.1, 0.15) is 33.6 Å². The average Bonchev–Trinajstić information content (AvgIpc) is 2.61. The van der Waals surface area contributed by atoms with Crippen molar-refractivity contribution in [3.05, 3.63) is 0 Å². The molecule has 3 rings (SSSR count). The summed E-state index contributed by atoms with van der Waals surface area (Å²) in [6.45, 7) is 10.5. The molecule has 0 aromatic heterocycles. The van der Waals surface area contributed by atoms with Gasteiger partial charge in [0, 0.05) is 50.7 Å². The summed E-state index contributed by atoms with van der Waals surface area (Å²) in [6, 6.07) is 0. The standard InChI is InChI=1S/C18H32N4O3/c1-4-20-14(23)12-21-7-9-22(10-8-21)16(24)18(19)13-6-5-11-25-15(13)17(18,2)3/h13,15H,4-12,19H2,1-3H3,(H,20,23). The summed E-state index contributed by atoms with van der Waals surface area (Å²) in [4.78, 5) is 29.0. The van der Waals surface area contributed by atoms with Gasteiger partial charge in [0.05, 0.1) is 12.6 Å². The average molecular weight is 352 g/mol. The van der Waals surface area contributed by atoms with Crippen molar-refractivity contribution in [1.29, 1.82) is 0 Å². The Morgan fingerprint density at radius 2 is 1.92 bits per heavy atom. The molecule has 3 N–H and O–H groups in total. The molecule has 0 spiro atoms. The quantitative estimate of drug-likeness (QED) is 0.732. The van der Waals surface area contributed by atoms with Crippen LogP contribution in [-0.2, 0) is 14.3 Å². The van der Waals surface area contributed by atoms with Crippen molar-refractivity contribution in [3.63, 3.8) is 0 Å². The fourth-order valence-corrected chi connectivity index (χ4v) is 4.84. The summed E-state index contributed by atoms with van der Waals surface area (Å²) in [5.41, 5.74) is 5.54. The minimum atomic E-state index is -0.833. The van der Waals surface area contributed by atoms with Crippen molar-refractivity contribution >= 4 is 11.8 Å². The van der Waals surface area contributed by atoms with E-state index in [0.717, 1.165) is 19.4 Å².